The molecule has 0 aromatic carbocycles. The Hall–Kier alpha value is -1.11. The highest BCUT2D eigenvalue weighted by Crippen LogP contribution is 2.14. The van der Waals surface area contributed by atoms with Crippen LogP contribution in [0.4, 0.5) is 0 Å². The van der Waals surface area contributed by atoms with Gasteiger partial charge in [0.25, 0.3) is 0 Å². The molecule has 1 aromatic rings. The quantitative estimate of drug-likeness (QED) is 0.781. The van der Waals surface area contributed by atoms with Crippen molar-refractivity contribution in [3.05, 3.63) is 28.6 Å². The standard InChI is InChI=1S/C12H16BrNO4/c1-12(16,8-17-2)7-14-11(15)6-4-9-3-5-10(13)18-9/h3-6,16H,7-8H2,1-2H3,(H,14,15)/b6-4-/t12-/m0/s1. The maximum absolute atomic E-state index is 11.5. The van der Waals surface area contributed by atoms with Gasteiger partial charge >= 0.3 is 0 Å². The van der Waals surface area contributed by atoms with Crippen LogP contribution in [0.1, 0.15) is 12.7 Å². The Morgan fingerprint density at radius 3 is 2.94 bits per heavy atom. The molecule has 1 atom stereocenters. The molecule has 5 nitrogen and oxygen atoms in total. The zero-order valence-corrected chi connectivity index (χ0v) is 11.9. The van der Waals surface area contributed by atoms with Crippen LogP contribution in [0.3, 0.4) is 0 Å². The summed E-state index contributed by atoms with van der Waals surface area (Å²) in [7, 11) is 1.49. The normalized spacial score (nSPS) is 14.7. The predicted molar refractivity (Wildman–Crippen MR) is 71.0 cm³/mol. The Morgan fingerprint density at radius 1 is 1.67 bits per heavy atom. The molecular formula is C12H16BrNO4. The summed E-state index contributed by atoms with van der Waals surface area (Å²) < 4.78 is 10.6. The van der Waals surface area contributed by atoms with Crippen molar-refractivity contribution in [1.29, 1.82) is 0 Å². The number of ether oxygens (including phenoxy) is 1. The minimum absolute atomic E-state index is 0.117. The maximum atomic E-state index is 11.5. The Balaban J connectivity index is 2.40. The SMILES string of the molecule is COC[C@@](C)(O)CNC(=O)/C=C\c1ccc(Br)o1. The molecule has 1 rings (SSSR count). The summed E-state index contributed by atoms with van der Waals surface area (Å²) in [6.07, 6.45) is 2.89. The van der Waals surface area contributed by atoms with E-state index in [1.165, 1.54) is 13.2 Å². The second-order valence-corrected chi connectivity index (χ2v) is 4.90. The summed E-state index contributed by atoms with van der Waals surface area (Å²) in [4.78, 5) is 11.5. The molecule has 0 radical (unpaired) electrons. The zero-order chi connectivity index (χ0) is 13.6. The number of carbonyl (C=O) groups is 1. The fourth-order valence-corrected chi connectivity index (χ4v) is 1.59. The van der Waals surface area contributed by atoms with E-state index in [4.69, 9.17) is 9.15 Å². The van der Waals surface area contributed by atoms with E-state index < -0.39 is 5.60 Å². The van der Waals surface area contributed by atoms with E-state index in [-0.39, 0.29) is 19.1 Å². The summed E-state index contributed by atoms with van der Waals surface area (Å²) in [5.74, 6) is 0.263. The topological polar surface area (TPSA) is 71.7 Å². The van der Waals surface area contributed by atoms with Crippen molar-refractivity contribution in [3.8, 4) is 0 Å². The number of hydrogen-bond acceptors (Lipinski definition) is 4. The van der Waals surface area contributed by atoms with Gasteiger partial charge in [-0.05, 0) is 41.1 Å². The Kier molecular flexibility index (Phi) is 5.58. The first-order valence-corrected chi connectivity index (χ1v) is 6.15. The van der Waals surface area contributed by atoms with Crippen molar-refractivity contribution in [3.63, 3.8) is 0 Å². The van der Waals surface area contributed by atoms with Gasteiger partial charge in [-0.2, -0.15) is 0 Å². The van der Waals surface area contributed by atoms with Gasteiger partial charge in [-0.3, -0.25) is 4.79 Å². The van der Waals surface area contributed by atoms with E-state index in [1.807, 2.05) is 0 Å². The van der Waals surface area contributed by atoms with Crippen molar-refractivity contribution < 1.29 is 19.1 Å². The van der Waals surface area contributed by atoms with Gasteiger partial charge in [-0.15, -0.1) is 0 Å². The number of carbonyl (C=O) groups excluding carboxylic acids is 1. The molecule has 6 heteroatoms. The number of nitrogens with one attached hydrogen (secondary N) is 1. The number of furan rings is 1. The monoisotopic (exact) mass is 317 g/mol. The van der Waals surface area contributed by atoms with E-state index in [0.29, 0.717) is 10.4 Å². The summed E-state index contributed by atoms with van der Waals surface area (Å²) in [5.41, 5.74) is -1.08. The van der Waals surface area contributed by atoms with Crippen molar-refractivity contribution in [2.45, 2.75) is 12.5 Å². The van der Waals surface area contributed by atoms with Gasteiger partial charge in [0.1, 0.15) is 11.4 Å². The lowest BCUT2D eigenvalue weighted by Crippen LogP contribution is -2.43. The van der Waals surface area contributed by atoms with Crippen LogP contribution in [0.15, 0.2) is 27.3 Å². The van der Waals surface area contributed by atoms with Crippen LogP contribution in [0.25, 0.3) is 6.08 Å². The van der Waals surface area contributed by atoms with Crippen molar-refractivity contribution in [2.24, 2.45) is 0 Å². The molecule has 0 aliphatic rings. The molecule has 0 unspecified atom stereocenters. The predicted octanol–water partition coefficient (Wildman–Crippen LogP) is 1.57. The minimum atomic E-state index is -1.08. The fourth-order valence-electron chi connectivity index (χ4n) is 1.27. The van der Waals surface area contributed by atoms with E-state index in [2.05, 4.69) is 21.2 Å². The molecule has 0 spiro atoms. The summed E-state index contributed by atoms with van der Waals surface area (Å²) in [6.45, 7) is 1.86. The average molecular weight is 318 g/mol. The molecule has 100 valence electrons. The highest BCUT2D eigenvalue weighted by atomic mass is 79.9. The molecule has 0 saturated carbocycles. The largest absolute Gasteiger partial charge is 0.450 e. The van der Waals surface area contributed by atoms with Gasteiger partial charge in [0.05, 0.1) is 6.61 Å². The van der Waals surface area contributed by atoms with Crippen LogP contribution in [-0.2, 0) is 9.53 Å². The van der Waals surface area contributed by atoms with E-state index in [9.17, 15) is 9.90 Å². The maximum Gasteiger partial charge on any atom is 0.244 e. The average Bonchev–Trinajstić information content (AvgIpc) is 2.70. The van der Waals surface area contributed by atoms with E-state index in [1.54, 1.807) is 25.1 Å². The van der Waals surface area contributed by atoms with Crippen molar-refractivity contribution in [1.82, 2.24) is 5.32 Å². The van der Waals surface area contributed by atoms with E-state index >= 15 is 0 Å². The molecule has 0 fully saturated rings. The van der Waals surface area contributed by atoms with Gasteiger partial charge in [-0.1, -0.05) is 0 Å². The molecule has 2 N–H and O–H groups in total. The van der Waals surface area contributed by atoms with E-state index in [0.717, 1.165) is 0 Å². The van der Waals surface area contributed by atoms with Gasteiger partial charge in [0, 0.05) is 19.7 Å². The lowest BCUT2D eigenvalue weighted by Gasteiger charge is -2.21. The molecule has 1 heterocycles. The van der Waals surface area contributed by atoms with Gasteiger partial charge in [0.2, 0.25) is 5.91 Å². The van der Waals surface area contributed by atoms with Crippen LogP contribution in [-0.4, -0.2) is 36.9 Å². The molecule has 1 aromatic heterocycles. The molecule has 18 heavy (non-hydrogen) atoms. The number of halogens is 1. The number of amides is 1. The number of hydrogen-bond donors (Lipinski definition) is 2. The van der Waals surface area contributed by atoms with Crippen LogP contribution in [0.2, 0.25) is 0 Å². The van der Waals surface area contributed by atoms with Gasteiger partial charge in [0.15, 0.2) is 4.67 Å². The third-order valence-corrected chi connectivity index (χ3v) is 2.52. The van der Waals surface area contributed by atoms with Crippen LogP contribution < -0.4 is 5.32 Å². The molecular weight excluding hydrogens is 302 g/mol. The fraction of sp³-hybridized carbons (Fsp3) is 0.417. The van der Waals surface area contributed by atoms with Crippen molar-refractivity contribution >= 4 is 27.9 Å². The van der Waals surface area contributed by atoms with Crippen LogP contribution in [0, 0.1) is 0 Å². The van der Waals surface area contributed by atoms with Crippen molar-refractivity contribution in [2.75, 3.05) is 20.3 Å². The van der Waals surface area contributed by atoms with Crippen LogP contribution >= 0.6 is 15.9 Å². The minimum Gasteiger partial charge on any atom is -0.450 e. The molecule has 0 bridgehead atoms. The third kappa shape index (κ3) is 5.48. The highest BCUT2D eigenvalue weighted by molar-refractivity contribution is 9.10. The smallest absolute Gasteiger partial charge is 0.244 e. The summed E-state index contributed by atoms with van der Waals surface area (Å²) >= 11 is 3.17. The summed E-state index contributed by atoms with van der Waals surface area (Å²) in [5, 5.41) is 12.3. The number of methoxy groups -OCH3 is 1. The summed E-state index contributed by atoms with van der Waals surface area (Å²) in [6, 6.07) is 3.47. The lowest BCUT2D eigenvalue weighted by molar-refractivity contribution is -0.118. The second kappa shape index (κ2) is 6.72. The second-order valence-electron chi connectivity index (χ2n) is 4.12. The molecule has 0 aliphatic carbocycles. The first-order valence-electron chi connectivity index (χ1n) is 5.35. The first kappa shape index (κ1) is 14.9. The molecule has 0 saturated heterocycles. The Morgan fingerprint density at radius 2 is 2.39 bits per heavy atom. The Bertz CT molecular complexity index is 425. The highest BCUT2D eigenvalue weighted by Gasteiger charge is 2.20. The third-order valence-electron chi connectivity index (χ3n) is 2.09. The zero-order valence-electron chi connectivity index (χ0n) is 10.3. The van der Waals surface area contributed by atoms with Gasteiger partial charge in [-0.25, -0.2) is 0 Å². The van der Waals surface area contributed by atoms with Crippen LogP contribution in [0.5, 0.6) is 0 Å². The number of rotatable bonds is 6. The molecule has 1 amide bonds. The van der Waals surface area contributed by atoms with Gasteiger partial charge < -0.3 is 19.6 Å². The Labute approximate surface area is 114 Å². The molecule has 0 aliphatic heterocycles. The first-order chi connectivity index (χ1) is 8.43. The lowest BCUT2D eigenvalue weighted by atomic mass is 10.1. The number of aliphatic hydroxyl groups is 1.